The molecule has 12 heavy (non-hydrogen) atoms. The van der Waals surface area contributed by atoms with Gasteiger partial charge in [0.2, 0.25) is 0 Å². The highest BCUT2D eigenvalue weighted by molar-refractivity contribution is 4.87. The van der Waals surface area contributed by atoms with Crippen molar-refractivity contribution in [2.75, 3.05) is 6.54 Å². The second-order valence-corrected chi connectivity index (χ2v) is 4.81. The van der Waals surface area contributed by atoms with Crippen molar-refractivity contribution >= 4 is 0 Å². The minimum Gasteiger partial charge on any atom is -0.298 e. The Bertz CT molecular complexity index is 155. The first kappa shape index (κ1) is 8.55. The molecule has 3 atom stereocenters. The fourth-order valence-corrected chi connectivity index (χ4v) is 3.13. The minimum absolute atomic E-state index is 0.860. The lowest BCUT2D eigenvalue weighted by atomic mass is 9.83. The fourth-order valence-electron chi connectivity index (χ4n) is 3.13. The van der Waals surface area contributed by atoms with Crippen molar-refractivity contribution in [2.24, 2.45) is 5.92 Å². The third kappa shape index (κ3) is 1.52. The summed E-state index contributed by atoms with van der Waals surface area (Å²) < 4.78 is 0. The van der Waals surface area contributed by atoms with Gasteiger partial charge in [0.25, 0.3) is 0 Å². The largest absolute Gasteiger partial charge is 0.298 e. The molecule has 1 heteroatoms. The number of hydrogen-bond acceptors (Lipinski definition) is 1. The van der Waals surface area contributed by atoms with Crippen LogP contribution in [0.15, 0.2) is 0 Å². The summed E-state index contributed by atoms with van der Waals surface area (Å²) in [6, 6.07) is 1.80. The van der Waals surface area contributed by atoms with Crippen molar-refractivity contribution in [1.82, 2.24) is 4.90 Å². The summed E-state index contributed by atoms with van der Waals surface area (Å²) in [6.45, 7) is 6.20. The summed E-state index contributed by atoms with van der Waals surface area (Å²) in [4.78, 5) is 2.75. The molecule has 1 nitrogen and oxygen atoms in total. The normalized spacial score (nSPS) is 44.0. The van der Waals surface area contributed by atoms with Gasteiger partial charge in [-0.25, -0.2) is 0 Å². The number of fused-ring (bicyclic) bond motifs is 1. The molecule has 0 amide bonds. The molecule has 0 saturated carbocycles. The Balaban J connectivity index is 2.01. The van der Waals surface area contributed by atoms with Gasteiger partial charge in [0.1, 0.15) is 0 Å². The van der Waals surface area contributed by atoms with Gasteiger partial charge in [0, 0.05) is 12.1 Å². The van der Waals surface area contributed by atoms with Crippen molar-refractivity contribution in [2.45, 2.75) is 58.0 Å². The SMILES string of the molecule is C[C@H]1C[C@H]2CCCCN2[C@@H](C)C1. The molecule has 0 bridgehead atoms. The number of piperidine rings is 2. The van der Waals surface area contributed by atoms with Crippen LogP contribution >= 0.6 is 0 Å². The summed E-state index contributed by atoms with van der Waals surface area (Å²) in [5.41, 5.74) is 0. The van der Waals surface area contributed by atoms with E-state index in [-0.39, 0.29) is 0 Å². The van der Waals surface area contributed by atoms with Crippen LogP contribution in [0.4, 0.5) is 0 Å². The molecule has 2 aliphatic heterocycles. The average molecular weight is 167 g/mol. The standard InChI is InChI=1S/C11H21N/c1-9-7-10(2)12-6-4-3-5-11(12)8-9/h9-11H,3-8H2,1-2H3/t9-,10+,11-/m1/s1. The molecule has 2 fully saturated rings. The van der Waals surface area contributed by atoms with Crippen LogP contribution in [0, 0.1) is 5.92 Å². The zero-order valence-electron chi connectivity index (χ0n) is 8.42. The van der Waals surface area contributed by atoms with E-state index in [4.69, 9.17) is 0 Å². The Morgan fingerprint density at radius 2 is 1.92 bits per heavy atom. The molecule has 0 aromatic carbocycles. The maximum atomic E-state index is 2.75. The van der Waals surface area contributed by atoms with Crippen LogP contribution in [0.25, 0.3) is 0 Å². The molecule has 70 valence electrons. The van der Waals surface area contributed by atoms with E-state index in [1.807, 2.05) is 0 Å². The third-order valence-electron chi connectivity index (χ3n) is 3.66. The van der Waals surface area contributed by atoms with E-state index in [9.17, 15) is 0 Å². The topological polar surface area (TPSA) is 3.24 Å². The van der Waals surface area contributed by atoms with Gasteiger partial charge in [-0.15, -0.1) is 0 Å². The minimum atomic E-state index is 0.860. The molecular formula is C11H21N. The average Bonchev–Trinajstić information content (AvgIpc) is 2.04. The zero-order chi connectivity index (χ0) is 8.55. The van der Waals surface area contributed by atoms with E-state index in [1.165, 1.54) is 38.6 Å². The third-order valence-corrected chi connectivity index (χ3v) is 3.66. The number of nitrogens with zero attached hydrogens (tertiary/aromatic N) is 1. The molecule has 0 aliphatic carbocycles. The second kappa shape index (κ2) is 3.37. The molecule has 2 heterocycles. The quantitative estimate of drug-likeness (QED) is 0.536. The predicted octanol–water partition coefficient (Wildman–Crippen LogP) is 2.66. The summed E-state index contributed by atoms with van der Waals surface area (Å²) in [6.07, 6.45) is 7.27. The van der Waals surface area contributed by atoms with E-state index in [1.54, 1.807) is 0 Å². The van der Waals surface area contributed by atoms with Gasteiger partial charge in [-0.1, -0.05) is 13.3 Å². The van der Waals surface area contributed by atoms with Crippen molar-refractivity contribution < 1.29 is 0 Å². The van der Waals surface area contributed by atoms with E-state index in [2.05, 4.69) is 18.7 Å². The number of rotatable bonds is 0. The molecular weight excluding hydrogens is 146 g/mol. The van der Waals surface area contributed by atoms with Gasteiger partial charge in [-0.3, -0.25) is 4.90 Å². The molecule has 2 rings (SSSR count). The molecule has 0 aromatic rings. The van der Waals surface area contributed by atoms with Gasteiger partial charge < -0.3 is 0 Å². The summed E-state index contributed by atoms with van der Waals surface area (Å²) in [5.74, 6) is 0.972. The van der Waals surface area contributed by atoms with E-state index < -0.39 is 0 Å². The molecule has 2 aliphatic rings. The first-order valence-corrected chi connectivity index (χ1v) is 5.53. The van der Waals surface area contributed by atoms with Gasteiger partial charge in [0.15, 0.2) is 0 Å². The molecule has 2 saturated heterocycles. The maximum Gasteiger partial charge on any atom is 0.0101 e. The lowest BCUT2D eigenvalue weighted by molar-refractivity contribution is 0.0382. The second-order valence-electron chi connectivity index (χ2n) is 4.81. The van der Waals surface area contributed by atoms with E-state index in [0.717, 1.165) is 18.0 Å². The Hall–Kier alpha value is -0.0400. The van der Waals surface area contributed by atoms with Gasteiger partial charge in [-0.2, -0.15) is 0 Å². The monoisotopic (exact) mass is 167 g/mol. The first-order chi connectivity index (χ1) is 5.77. The maximum absolute atomic E-state index is 2.75. The van der Waals surface area contributed by atoms with Crippen LogP contribution in [-0.4, -0.2) is 23.5 Å². The highest BCUT2D eigenvalue weighted by atomic mass is 15.2. The van der Waals surface area contributed by atoms with Crippen LogP contribution in [0.5, 0.6) is 0 Å². The smallest absolute Gasteiger partial charge is 0.0101 e. The highest BCUT2D eigenvalue weighted by Crippen LogP contribution is 2.32. The lowest BCUT2D eigenvalue weighted by Crippen LogP contribution is -2.49. The number of hydrogen-bond donors (Lipinski definition) is 0. The molecule has 0 N–H and O–H groups in total. The summed E-state index contributed by atoms with van der Waals surface area (Å²) >= 11 is 0. The van der Waals surface area contributed by atoms with Gasteiger partial charge in [0.05, 0.1) is 0 Å². The predicted molar refractivity (Wildman–Crippen MR) is 52.2 cm³/mol. The van der Waals surface area contributed by atoms with E-state index >= 15 is 0 Å². The molecule has 0 aromatic heterocycles. The molecule has 0 spiro atoms. The fraction of sp³-hybridized carbons (Fsp3) is 1.00. The van der Waals surface area contributed by atoms with E-state index in [0.29, 0.717) is 0 Å². The highest BCUT2D eigenvalue weighted by Gasteiger charge is 2.32. The summed E-state index contributed by atoms with van der Waals surface area (Å²) in [5, 5.41) is 0. The van der Waals surface area contributed by atoms with Crippen molar-refractivity contribution in [3.05, 3.63) is 0 Å². The Morgan fingerprint density at radius 3 is 2.75 bits per heavy atom. The van der Waals surface area contributed by atoms with Crippen LogP contribution in [0.3, 0.4) is 0 Å². The van der Waals surface area contributed by atoms with Crippen LogP contribution in [0.2, 0.25) is 0 Å². The van der Waals surface area contributed by atoms with Crippen molar-refractivity contribution in [3.63, 3.8) is 0 Å². The summed E-state index contributed by atoms with van der Waals surface area (Å²) in [7, 11) is 0. The van der Waals surface area contributed by atoms with Crippen LogP contribution in [0.1, 0.15) is 46.0 Å². The van der Waals surface area contributed by atoms with Gasteiger partial charge >= 0.3 is 0 Å². The lowest BCUT2D eigenvalue weighted by Gasteiger charge is -2.46. The Labute approximate surface area is 76.1 Å². The Morgan fingerprint density at radius 1 is 1.08 bits per heavy atom. The molecule has 0 unspecified atom stereocenters. The van der Waals surface area contributed by atoms with Crippen molar-refractivity contribution in [3.8, 4) is 0 Å². The first-order valence-electron chi connectivity index (χ1n) is 5.53. The van der Waals surface area contributed by atoms with Crippen LogP contribution < -0.4 is 0 Å². The van der Waals surface area contributed by atoms with Crippen molar-refractivity contribution in [1.29, 1.82) is 0 Å². The molecule has 0 radical (unpaired) electrons. The van der Waals surface area contributed by atoms with Crippen LogP contribution in [-0.2, 0) is 0 Å². The van der Waals surface area contributed by atoms with Gasteiger partial charge in [-0.05, 0) is 45.1 Å². The zero-order valence-corrected chi connectivity index (χ0v) is 8.42. The Kier molecular flexibility index (Phi) is 2.40.